The van der Waals surface area contributed by atoms with Crippen LogP contribution in [0.1, 0.15) is 21.6 Å². The summed E-state index contributed by atoms with van der Waals surface area (Å²) in [6.45, 7) is 2.07. The van der Waals surface area contributed by atoms with Crippen LogP contribution in [0, 0.1) is 12.7 Å². The van der Waals surface area contributed by atoms with E-state index in [1.807, 2.05) is 47.3 Å². The monoisotopic (exact) mass is 408 g/mol. The summed E-state index contributed by atoms with van der Waals surface area (Å²) in [5.41, 5.74) is 2.49. The molecule has 7 heteroatoms. The first-order valence-electron chi connectivity index (χ1n) is 9.05. The second kappa shape index (κ2) is 7.93. The van der Waals surface area contributed by atoms with Crippen LogP contribution in [0.25, 0.3) is 11.5 Å². The molecule has 4 rings (SSSR count). The third-order valence-electron chi connectivity index (χ3n) is 4.58. The third-order valence-corrected chi connectivity index (χ3v) is 4.95. The predicted molar refractivity (Wildman–Crippen MR) is 110 cm³/mol. The molecule has 0 bridgehead atoms. The predicted octanol–water partition coefficient (Wildman–Crippen LogP) is 4.69. The maximum Gasteiger partial charge on any atom is 0.257 e. The molecule has 0 aliphatic carbocycles. The van der Waals surface area contributed by atoms with Gasteiger partial charge in [0.2, 0.25) is 0 Å². The van der Waals surface area contributed by atoms with Gasteiger partial charge in [0.25, 0.3) is 5.91 Å². The van der Waals surface area contributed by atoms with Crippen LogP contribution in [0.15, 0.2) is 73.1 Å². The van der Waals surface area contributed by atoms with E-state index in [0.29, 0.717) is 34.3 Å². The topological polar surface area (TPSA) is 51.9 Å². The molecule has 0 aliphatic heterocycles. The van der Waals surface area contributed by atoms with Crippen molar-refractivity contribution < 1.29 is 9.18 Å². The molecular weight excluding hydrogens is 391 g/mol. The molecule has 2 heterocycles. The van der Waals surface area contributed by atoms with Crippen LogP contribution < -0.4 is 5.32 Å². The molecule has 1 amide bonds. The van der Waals surface area contributed by atoms with Crippen molar-refractivity contribution in [2.24, 2.45) is 0 Å². The van der Waals surface area contributed by atoms with Gasteiger partial charge in [-0.15, -0.1) is 0 Å². The van der Waals surface area contributed by atoms with E-state index in [-0.39, 0.29) is 11.7 Å². The molecule has 146 valence electrons. The largest absolute Gasteiger partial charge is 0.348 e. The van der Waals surface area contributed by atoms with Gasteiger partial charge in [-0.2, -0.15) is 5.10 Å². The maximum atomic E-state index is 13.4. The molecule has 0 saturated heterocycles. The fourth-order valence-corrected chi connectivity index (χ4v) is 3.37. The van der Waals surface area contributed by atoms with Gasteiger partial charge in [0, 0.05) is 24.0 Å². The first-order valence-corrected chi connectivity index (χ1v) is 9.43. The van der Waals surface area contributed by atoms with Crippen molar-refractivity contribution in [3.05, 3.63) is 101 Å². The van der Waals surface area contributed by atoms with Crippen LogP contribution >= 0.6 is 11.6 Å². The molecule has 29 heavy (non-hydrogen) atoms. The van der Waals surface area contributed by atoms with Crippen molar-refractivity contribution in [1.29, 1.82) is 0 Å². The molecule has 0 fully saturated rings. The lowest BCUT2D eigenvalue weighted by Crippen LogP contribution is -2.25. The highest BCUT2D eigenvalue weighted by atomic mass is 35.5. The molecule has 0 radical (unpaired) electrons. The van der Waals surface area contributed by atoms with Gasteiger partial charge in [0.05, 0.1) is 11.4 Å². The summed E-state index contributed by atoms with van der Waals surface area (Å²) in [6.07, 6.45) is 3.67. The summed E-state index contributed by atoms with van der Waals surface area (Å²) in [7, 11) is 0. The average Bonchev–Trinajstić information content (AvgIpc) is 3.35. The lowest BCUT2D eigenvalue weighted by Gasteiger charge is -2.12. The Bertz CT molecular complexity index is 1150. The molecule has 5 nitrogen and oxygen atoms in total. The molecule has 2 aromatic heterocycles. The fraction of sp³-hybridized carbons (Fsp3) is 0.0909. The van der Waals surface area contributed by atoms with E-state index < -0.39 is 0 Å². The number of carbonyl (C=O) groups is 1. The summed E-state index contributed by atoms with van der Waals surface area (Å²) in [5, 5.41) is 8.06. The highest BCUT2D eigenvalue weighted by Crippen LogP contribution is 2.24. The lowest BCUT2D eigenvalue weighted by molar-refractivity contribution is 0.0950. The molecular formula is C22H18ClFN4O. The number of benzene rings is 2. The molecule has 4 aromatic rings. The maximum absolute atomic E-state index is 13.4. The zero-order valence-electron chi connectivity index (χ0n) is 15.6. The minimum Gasteiger partial charge on any atom is -0.348 e. The number of nitrogens with one attached hydrogen (secondary N) is 1. The second-order valence-corrected chi connectivity index (χ2v) is 6.94. The first-order chi connectivity index (χ1) is 14.0. The number of hydrogen-bond donors (Lipinski definition) is 1. The van der Waals surface area contributed by atoms with Crippen molar-refractivity contribution in [2.75, 3.05) is 0 Å². The van der Waals surface area contributed by atoms with Gasteiger partial charge < -0.3 is 9.88 Å². The quantitative estimate of drug-likeness (QED) is 0.520. The normalized spacial score (nSPS) is 10.9. The van der Waals surface area contributed by atoms with Crippen molar-refractivity contribution in [3.8, 4) is 11.5 Å². The minimum atomic E-state index is -0.335. The van der Waals surface area contributed by atoms with E-state index in [2.05, 4.69) is 10.4 Å². The Kier molecular flexibility index (Phi) is 5.18. The number of rotatable bonds is 5. The molecule has 0 aliphatic rings. The average molecular weight is 409 g/mol. The van der Waals surface area contributed by atoms with Gasteiger partial charge in [-0.1, -0.05) is 29.8 Å². The number of aromatic nitrogens is 3. The Hall–Kier alpha value is -3.38. The van der Waals surface area contributed by atoms with Gasteiger partial charge in [0.15, 0.2) is 5.82 Å². The minimum absolute atomic E-state index is 0.264. The van der Waals surface area contributed by atoms with Crippen molar-refractivity contribution in [3.63, 3.8) is 0 Å². The van der Waals surface area contributed by atoms with E-state index in [1.165, 1.54) is 12.1 Å². The highest BCUT2D eigenvalue weighted by molar-refractivity contribution is 6.31. The van der Waals surface area contributed by atoms with Crippen LogP contribution in [-0.4, -0.2) is 20.3 Å². The van der Waals surface area contributed by atoms with E-state index in [9.17, 15) is 9.18 Å². The molecule has 0 saturated carbocycles. The molecule has 0 atom stereocenters. The summed E-state index contributed by atoms with van der Waals surface area (Å²) in [4.78, 5) is 13.1. The fourth-order valence-electron chi connectivity index (χ4n) is 3.16. The third kappa shape index (κ3) is 3.79. The van der Waals surface area contributed by atoms with E-state index in [1.54, 1.807) is 29.8 Å². The van der Waals surface area contributed by atoms with Crippen LogP contribution in [0.5, 0.6) is 0 Å². The van der Waals surface area contributed by atoms with Crippen LogP contribution in [-0.2, 0) is 6.54 Å². The Balaban J connectivity index is 1.74. The summed E-state index contributed by atoms with van der Waals surface area (Å²) >= 11 is 6.19. The number of amides is 1. The van der Waals surface area contributed by atoms with Crippen molar-refractivity contribution >= 4 is 17.5 Å². The number of carbonyl (C=O) groups excluding carboxylic acids is 1. The zero-order valence-corrected chi connectivity index (χ0v) is 16.4. The second-order valence-electron chi connectivity index (χ2n) is 6.54. The Morgan fingerprint density at radius 2 is 1.76 bits per heavy atom. The molecule has 0 unspecified atom stereocenters. The van der Waals surface area contributed by atoms with Gasteiger partial charge >= 0.3 is 0 Å². The van der Waals surface area contributed by atoms with Crippen LogP contribution in [0.4, 0.5) is 4.39 Å². The van der Waals surface area contributed by atoms with Gasteiger partial charge in [-0.3, -0.25) is 4.79 Å². The highest BCUT2D eigenvalue weighted by Gasteiger charge is 2.23. The number of halogens is 2. The van der Waals surface area contributed by atoms with Crippen molar-refractivity contribution in [1.82, 2.24) is 19.7 Å². The standard InChI is InChI=1S/C22H18ClFN4O/c1-15-20(21(29)25-14-16-6-2-3-7-19(16)23)22(27-12-4-5-13-27)28(26-15)18-10-8-17(24)9-11-18/h2-13H,14H2,1H3,(H,25,29). The smallest absolute Gasteiger partial charge is 0.257 e. The molecule has 2 aromatic carbocycles. The van der Waals surface area contributed by atoms with Gasteiger partial charge in [0.1, 0.15) is 11.4 Å². The Morgan fingerprint density at radius 1 is 1.07 bits per heavy atom. The lowest BCUT2D eigenvalue weighted by atomic mass is 10.2. The van der Waals surface area contributed by atoms with E-state index in [0.717, 1.165) is 5.56 Å². The summed E-state index contributed by atoms with van der Waals surface area (Å²) < 4.78 is 16.8. The molecule has 1 N–H and O–H groups in total. The number of aryl methyl sites for hydroxylation is 1. The Labute approximate surface area is 172 Å². The molecule has 0 spiro atoms. The van der Waals surface area contributed by atoms with Crippen LogP contribution in [0.2, 0.25) is 5.02 Å². The first kappa shape index (κ1) is 19.0. The number of hydrogen-bond acceptors (Lipinski definition) is 2. The van der Waals surface area contributed by atoms with Gasteiger partial charge in [-0.05, 0) is 55.0 Å². The number of nitrogens with zero attached hydrogens (tertiary/aromatic N) is 3. The van der Waals surface area contributed by atoms with E-state index >= 15 is 0 Å². The summed E-state index contributed by atoms with van der Waals surface area (Å²) in [5.74, 6) is -0.0203. The summed E-state index contributed by atoms with van der Waals surface area (Å²) in [6, 6.07) is 17.1. The van der Waals surface area contributed by atoms with Gasteiger partial charge in [-0.25, -0.2) is 9.07 Å². The van der Waals surface area contributed by atoms with Crippen molar-refractivity contribution in [2.45, 2.75) is 13.5 Å². The SMILES string of the molecule is Cc1nn(-c2ccc(F)cc2)c(-n2cccc2)c1C(=O)NCc1ccccc1Cl. The van der Waals surface area contributed by atoms with E-state index in [4.69, 9.17) is 11.6 Å². The Morgan fingerprint density at radius 3 is 2.45 bits per heavy atom. The zero-order chi connectivity index (χ0) is 20.4. The van der Waals surface area contributed by atoms with Crippen LogP contribution in [0.3, 0.4) is 0 Å².